The predicted molar refractivity (Wildman–Crippen MR) is 64.6 cm³/mol. The van der Waals surface area contributed by atoms with Gasteiger partial charge in [-0.2, -0.15) is 0 Å². The van der Waals surface area contributed by atoms with Crippen LogP contribution in [0.4, 0.5) is 8.78 Å². The van der Waals surface area contributed by atoms with Crippen molar-refractivity contribution in [1.82, 2.24) is 0 Å². The average Bonchev–Trinajstić information content (AvgIpc) is 2.21. The number of benzene rings is 1. The summed E-state index contributed by atoms with van der Waals surface area (Å²) in [6.45, 7) is 0. The molecule has 0 aliphatic rings. The Morgan fingerprint density at radius 3 is 2.44 bits per heavy atom. The zero-order valence-electron chi connectivity index (χ0n) is 9.54. The molecular formula is C11H11ClF2O3S. The van der Waals surface area contributed by atoms with Gasteiger partial charge in [0.1, 0.15) is 21.5 Å². The van der Waals surface area contributed by atoms with Gasteiger partial charge in [-0.15, -0.1) is 0 Å². The van der Waals surface area contributed by atoms with Crippen LogP contribution in [-0.4, -0.2) is 26.2 Å². The van der Waals surface area contributed by atoms with E-state index in [2.05, 4.69) is 0 Å². The van der Waals surface area contributed by atoms with Gasteiger partial charge in [0, 0.05) is 12.7 Å². The molecule has 0 heterocycles. The Labute approximate surface area is 109 Å². The lowest BCUT2D eigenvalue weighted by molar-refractivity contribution is 0.0977. The Kier molecular flexibility index (Phi) is 4.81. The second kappa shape index (κ2) is 5.75. The molecule has 0 aliphatic carbocycles. The number of rotatable bonds is 5. The zero-order valence-corrected chi connectivity index (χ0v) is 11.1. The van der Waals surface area contributed by atoms with Crippen molar-refractivity contribution in [2.45, 2.75) is 12.8 Å². The van der Waals surface area contributed by atoms with Gasteiger partial charge in [0.15, 0.2) is 5.78 Å². The Bertz CT molecular complexity index is 570. The lowest BCUT2D eigenvalue weighted by Crippen LogP contribution is -2.08. The molecule has 1 rings (SSSR count). The van der Waals surface area contributed by atoms with E-state index in [1.807, 2.05) is 0 Å². The standard InChI is InChI=1S/C11H11ClF2O3S/c1-18(16,17)4-2-3-11(15)7-5-10(14)8(12)6-9(7)13/h5-6H,2-4H2,1H3. The number of sulfone groups is 1. The van der Waals surface area contributed by atoms with E-state index in [0.29, 0.717) is 0 Å². The number of carbonyl (C=O) groups is 1. The summed E-state index contributed by atoms with van der Waals surface area (Å²) in [6, 6.07) is 1.45. The molecule has 1 aromatic carbocycles. The molecule has 18 heavy (non-hydrogen) atoms. The Morgan fingerprint density at radius 1 is 1.28 bits per heavy atom. The van der Waals surface area contributed by atoms with Crippen LogP contribution in [0.25, 0.3) is 0 Å². The fourth-order valence-corrected chi connectivity index (χ4v) is 2.18. The summed E-state index contributed by atoms with van der Waals surface area (Å²) >= 11 is 5.35. The van der Waals surface area contributed by atoms with Crippen molar-refractivity contribution in [2.75, 3.05) is 12.0 Å². The maximum atomic E-state index is 13.4. The van der Waals surface area contributed by atoms with E-state index in [-0.39, 0.29) is 18.6 Å². The molecule has 100 valence electrons. The number of Topliss-reactive ketones (excluding diaryl/α,β-unsaturated/α-hetero) is 1. The molecule has 0 amide bonds. The molecule has 0 spiro atoms. The molecular weight excluding hydrogens is 286 g/mol. The highest BCUT2D eigenvalue weighted by Gasteiger charge is 2.15. The fraction of sp³-hybridized carbons (Fsp3) is 0.364. The van der Waals surface area contributed by atoms with Gasteiger partial charge in [0.25, 0.3) is 0 Å². The van der Waals surface area contributed by atoms with Crippen LogP contribution >= 0.6 is 11.6 Å². The predicted octanol–water partition coefficient (Wildman–Crippen LogP) is 2.63. The van der Waals surface area contributed by atoms with Crippen molar-refractivity contribution >= 4 is 27.2 Å². The summed E-state index contributed by atoms with van der Waals surface area (Å²) in [7, 11) is -3.17. The molecule has 0 fully saturated rings. The quantitative estimate of drug-likeness (QED) is 0.620. The molecule has 0 radical (unpaired) electrons. The third-order valence-electron chi connectivity index (χ3n) is 2.23. The minimum absolute atomic E-state index is 0.0708. The molecule has 1 aromatic rings. The molecule has 0 N–H and O–H groups in total. The molecule has 0 bridgehead atoms. The van der Waals surface area contributed by atoms with Crippen molar-refractivity contribution in [3.63, 3.8) is 0 Å². The van der Waals surface area contributed by atoms with Gasteiger partial charge in [0.05, 0.1) is 16.3 Å². The number of hydrogen-bond acceptors (Lipinski definition) is 3. The second-order valence-corrected chi connectivity index (χ2v) is 6.57. The molecule has 3 nitrogen and oxygen atoms in total. The third-order valence-corrected chi connectivity index (χ3v) is 3.55. The highest BCUT2D eigenvalue weighted by Crippen LogP contribution is 2.20. The molecule has 0 atom stereocenters. The van der Waals surface area contributed by atoms with Crippen molar-refractivity contribution in [3.8, 4) is 0 Å². The normalized spacial score (nSPS) is 11.6. The highest BCUT2D eigenvalue weighted by molar-refractivity contribution is 7.90. The highest BCUT2D eigenvalue weighted by atomic mass is 35.5. The lowest BCUT2D eigenvalue weighted by atomic mass is 10.1. The topological polar surface area (TPSA) is 51.2 Å². The van der Waals surface area contributed by atoms with Gasteiger partial charge in [-0.05, 0) is 18.6 Å². The summed E-state index contributed by atoms with van der Waals surface area (Å²) in [5.74, 6) is -2.61. The molecule has 0 saturated carbocycles. The number of halogens is 3. The van der Waals surface area contributed by atoms with Crippen LogP contribution in [0.15, 0.2) is 12.1 Å². The zero-order chi connectivity index (χ0) is 13.9. The molecule has 0 aliphatic heterocycles. The van der Waals surface area contributed by atoms with Crippen molar-refractivity contribution in [2.24, 2.45) is 0 Å². The Balaban J connectivity index is 2.76. The van der Waals surface area contributed by atoms with Crippen molar-refractivity contribution in [1.29, 1.82) is 0 Å². The summed E-state index contributed by atoms with van der Waals surface area (Å²) in [6.07, 6.45) is 0.951. The summed E-state index contributed by atoms with van der Waals surface area (Å²) < 4.78 is 48.1. The van der Waals surface area contributed by atoms with E-state index in [1.54, 1.807) is 0 Å². The minimum atomic E-state index is -3.17. The van der Waals surface area contributed by atoms with Gasteiger partial charge in [0.2, 0.25) is 0 Å². The SMILES string of the molecule is CS(=O)(=O)CCCC(=O)c1cc(F)c(Cl)cc1F. The summed E-state index contributed by atoms with van der Waals surface area (Å²) in [5.41, 5.74) is -0.412. The van der Waals surface area contributed by atoms with Gasteiger partial charge in [-0.3, -0.25) is 4.79 Å². The van der Waals surface area contributed by atoms with Gasteiger partial charge >= 0.3 is 0 Å². The first-order valence-electron chi connectivity index (χ1n) is 5.06. The number of carbonyl (C=O) groups excluding carboxylic acids is 1. The number of ketones is 1. The first kappa shape index (κ1) is 15.0. The smallest absolute Gasteiger partial charge is 0.165 e. The van der Waals surface area contributed by atoms with Crippen LogP contribution < -0.4 is 0 Å². The van der Waals surface area contributed by atoms with E-state index in [1.165, 1.54) is 0 Å². The maximum absolute atomic E-state index is 13.4. The first-order valence-corrected chi connectivity index (χ1v) is 7.50. The largest absolute Gasteiger partial charge is 0.294 e. The van der Waals surface area contributed by atoms with Crippen LogP contribution in [0.1, 0.15) is 23.2 Å². The maximum Gasteiger partial charge on any atom is 0.165 e. The van der Waals surface area contributed by atoms with Gasteiger partial charge in [-0.1, -0.05) is 11.6 Å². The van der Waals surface area contributed by atoms with E-state index < -0.39 is 37.8 Å². The summed E-state index contributed by atoms with van der Waals surface area (Å²) in [5, 5.41) is -0.403. The molecule has 0 saturated heterocycles. The van der Waals surface area contributed by atoms with Crippen LogP contribution in [-0.2, 0) is 9.84 Å². The monoisotopic (exact) mass is 296 g/mol. The average molecular weight is 297 g/mol. The van der Waals surface area contributed by atoms with Gasteiger partial charge in [-0.25, -0.2) is 17.2 Å². The van der Waals surface area contributed by atoms with Crippen LogP contribution in [0.5, 0.6) is 0 Å². The van der Waals surface area contributed by atoms with Crippen LogP contribution in [0.2, 0.25) is 5.02 Å². The lowest BCUT2D eigenvalue weighted by Gasteiger charge is -2.04. The number of hydrogen-bond donors (Lipinski definition) is 0. The van der Waals surface area contributed by atoms with Crippen molar-refractivity contribution < 1.29 is 22.0 Å². The first-order chi connectivity index (χ1) is 8.20. The third kappa shape index (κ3) is 4.34. The van der Waals surface area contributed by atoms with Gasteiger partial charge < -0.3 is 0 Å². The van der Waals surface area contributed by atoms with E-state index in [9.17, 15) is 22.0 Å². The Morgan fingerprint density at radius 2 is 1.89 bits per heavy atom. The second-order valence-electron chi connectivity index (χ2n) is 3.90. The summed E-state index contributed by atoms with van der Waals surface area (Å²) in [4.78, 5) is 11.6. The Hall–Kier alpha value is -1.01. The fourth-order valence-electron chi connectivity index (χ4n) is 1.37. The molecule has 0 aromatic heterocycles. The van der Waals surface area contributed by atoms with E-state index >= 15 is 0 Å². The van der Waals surface area contributed by atoms with Crippen LogP contribution in [0.3, 0.4) is 0 Å². The minimum Gasteiger partial charge on any atom is -0.294 e. The van der Waals surface area contributed by atoms with E-state index in [0.717, 1.165) is 18.4 Å². The molecule has 0 unspecified atom stereocenters. The van der Waals surface area contributed by atoms with Crippen LogP contribution in [0, 0.1) is 11.6 Å². The van der Waals surface area contributed by atoms with E-state index in [4.69, 9.17) is 11.6 Å². The van der Waals surface area contributed by atoms with Crippen molar-refractivity contribution in [3.05, 3.63) is 34.4 Å². The molecule has 7 heteroatoms.